The van der Waals surface area contributed by atoms with E-state index in [4.69, 9.17) is 5.41 Å². The van der Waals surface area contributed by atoms with E-state index in [2.05, 4.69) is 52.8 Å². The molecular weight excluding hydrogens is 426 g/mol. The van der Waals surface area contributed by atoms with Crippen LogP contribution in [0.4, 0.5) is 0 Å². The Labute approximate surface area is 191 Å². The summed E-state index contributed by atoms with van der Waals surface area (Å²) in [6, 6.07) is 10.7. The van der Waals surface area contributed by atoms with E-state index in [0.29, 0.717) is 11.1 Å². The standard InChI is InChI=1S/C23H25N5OS2/c1-6-13(2)16-7-9-18(10-8-16)27-14(3)11-17(15(27)4)12-19-20(24)28-22(25-21(19)29)31-23(26-28)30-5/h7-13,24H,6H2,1-5H3/b19-12+,24-20?/t13-/m0/s1. The van der Waals surface area contributed by atoms with E-state index in [9.17, 15) is 4.79 Å². The van der Waals surface area contributed by atoms with E-state index in [1.54, 1.807) is 6.08 Å². The van der Waals surface area contributed by atoms with Gasteiger partial charge in [-0.1, -0.05) is 26.0 Å². The largest absolute Gasteiger partial charge is 0.318 e. The molecule has 1 amide bonds. The number of nitrogens with zero attached hydrogens (tertiary/aromatic N) is 4. The molecule has 0 aliphatic carbocycles. The molecule has 1 N–H and O–H groups in total. The van der Waals surface area contributed by atoms with Gasteiger partial charge in [0, 0.05) is 17.1 Å². The summed E-state index contributed by atoms with van der Waals surface area (Å²) in [5.74, 6) is 0.200. The maximum absolute atomic E-state index is 12.6. The number of hydrazone groups is 1. The van der Waals surface area contributed by atoms with E-state index < -0.39 is 5.91 Å². The zero-order valence-electron chi connectivity index (χ0n) is 18.3. The van der Waals surface area contributed by atoms with Crippen molar-refractivity contribution in [1.29, 1.82) is 5.41 Å². The van der Waals surface area contributed by atoms with Gasteiger partial charge in [0.2, 0.25) is 5.17 Å². The molecule has 3 heterocycles. The van der Waals surface area contributed by atoms with Crippen molar-refractivity contribution in [3.05, 3.63) is 58.4 Å². The molecule has 0 saturated heterocycles. The first kappa shape index (κ1) is 21.6. The number of aliphatic imine (C=N–C) groups is 1. The van der Waals surface area contributed by atoms with Gasteiger partial charge in [-0.3, -0.25) is 10.2 Å². The summed E-state index contributed by atoms with van der Waals surface area (Å²) >= 11 is 2.79. The SMILES string of the molecule is CC[C@H](C)c1ccc(-n2c(C)cc(/C=C3\C(=N)N4N=C(SC)SC4=NC3=O)c2C)cc1. The van der Waals surface area contributed by atoms with Crippen LogP contribution in [0.3, 0.4) is 0 Å². The molecule has 2 aliphatic rings. The highest BCUT2D eigenvalue weighted by molar-refractivity contribution is 8.45. The molecule has 2 aromatic rings. The fourth-order valence-electron chi connectivity index (χ4n) is 3.73. The van der Waals surface area contributed by atoms with Crippen molar-refractivity contribution in [3.63, 3.8) is 0 Å². The number of aryl methyl sites for hydroxylation is 1. The van der Waals surface area contributed by atoms with E-state index in [1.807, 2.05) is 26.2 Å². The number of aromatic nitrogens is 1. The maximum atomic E-state index is 12.6. The fourth-order valence-corrected chi connectivity index (χ4v) is 5.08. The first-order valence-corrected chi connectivity index (χ1v) is 12.2. The van der Waals surface area contributed by atoms with Crippen LogP contribution < -0.4 is 0 Å². The summed E-state index contributed by atoms with van der Waals surface area (Å²) in [5, 5.41) is 14.8. The number of amides is 1. The number of amidine groups is 2. The average Bonchev–Trinajstić information content (AvgIpc) is 3.30. The highest BCUT2D eigenvalue weighted by Crippen LogP contribution is 2.32. The Hall–Kier alpha value is -2.58. The minimum Gasteiger partial charge on any atom is -0.318 e. The topological polar surface area (TPSA) is 73.8 Å². The van der Waals surface area contributed by atoms with Crippen LogP contribution in [0.25, 0.3) is 11.8 Å². The van der Waals surface area contributed by atoms with Crippen LogP contribution in [0.1, 0.15) is 48.7 Å². The number of hydrogen-bond acceptors (Lipinski definition) is 5. The number of carbonyl (C=O) groups is 1. The van der Waals surface area contributed by atoms with E-state index in [1.165, 1.54) is 34.1 Å². The monoisotopic (exact) mass is 451 g/mol. The highest BCUT2D eigenvalue weighted by Gasteiger charge is 2.35. The maximum Gasteiger partial charge on any atom is 0.283 e. The summed E-state index contributed by atoms with van der Waals surface area (Å²) in [6.45, 7) is 8.52. The number of thioether (sulfide) groups is 2. The lowest BCUT2D eigenvalue weighted by atomic mass is 9.98. The first-order chi connectivity index (χ1) is 14.8. The number of benzene rings is 1. The van der Waals surface area contributed by atoms with Gasteiger partial charge in [-0.2, -0.15) is 10.0 Å². The predicted molar refractivity (Wildman–Crippen MR) is 132 cm³/mol. The third-order valence-electron chi connectivity index (χ3n) is 5.71. The zero-order valence-corrected chi connectivity index (χ0v) is 19.9. The Morgan fingerprint density at radius 3 is 2.61 bits per heavy atom. The summed E-state index contributed by atoms with van der Waals surface area (Å²) in [4.78, 5) is 16.8. The second-order valence-corrected chi connectivity index (χ2v) is 9.66. The van der Waals surface area contributed by atoms with Crippen LogP contribution in [-0.2, 0) is 4.79 Å². The van der Waals surface area contributed by atoms with Gasteiger partial charge in [-0.05, 0) is 79.6 Å². The van der Waals surface area contributed by atoms with Crippen molar-refractivity contribution in [1.82, 2.24) is 9.58 Å². The molecule has 0 spiro atoms. The lowest BCUT2D eigenvalue weighted by Crippen LogP contribution is -2.35. The van der Waals surface area contributed by atoms with Gasteiger partial charge in [0.05, 0.1) is 5.57 Å². The normalized spacial score (nSPS) is 18.4. The van der Waals surface area contributed by atoms with Gasteiger partial charge >= 0.3 is 0 Å². The molecule has 1 aromatic carbocycles. The van der Waals surface area contributed by atoms with Crippen molar-refractivity contribution in [2.45, 2.75) is 40.0 Å². The average molecular weight is 452 g/mol. The smallest absolute Gasteiger partial charge is 0.283 e. The van der Waals surface area contributed by atoms with Crippen molar-refractivity contribution < 1.29 is 4.79 Å². The minimum atomic E-state index is -0.399. The van der Waals surface area contributed by atoms with E-state index in [0.717, 1.165) is 33.4 Å². The summed E-state index contributed by atoms with van der Waals surface area (Å²) < 4.78 is 2.95. The Morgan fingerprint density at radius 1 is 1.26 bits per heavy atom. The minimum absolute atomic E-state index is 0.0641. The highest BCUT2D eigenvalue weighted by atomic mass is 32.2. The number of nitrogens with one attached hydrogen (secondary N) is 1. The number of fused-ring (bicyclic) bond motifs is 1. The van der Waals surface area contributed by atoms with Crippen LogP contribution in [0, 0.1) is 19.3 Å². The zero-order chi connectivity index (χ0) is 22.3. The Balaban J connectivity index is 1.69. The molecule has 1 aromatic heterocycles. The summed E-state index contributed by atoms with van der Waals surface area (Å²) in [7, 11) is 0. The molecular formula is C23H25N5OS2. The molecule has 0 radical (unpaired) electrons. The molecule has 31 heavy (non-hydrogen) atoms. The molecule has 0 saturated carbocycles. The Morgan fingerprint density at radius 2 is 1.97 bits per heavy atom. The molecule has 0 unspecified atom stereocenters. The van der Waals surface area contributed by atoms with Crippen LogP contribution in [0.2, 0.25) is 0 Å². The number of carbonyl (C=O) groups excluding carboxylic acids is 1. The predicted octanol–water partition coefficient (Wildman–Crippen LogP) is 5.55. The number of hydrogen-bond donors (Lipinski definition) is 1. The van der Waals surface area contributed by atoms with Crippen molar-refractivity contribution in [3.8, 4) is 5.69 Å². The molecule has 4 rings (SSSR count). The van der Waals surface area contributed by atoms with Gasteiger partial charge in [0.1, 0.15) is 0 Å². The molecule has 1 atom stereocenters. The second kappa shape index (κ2) is 8.51. The van der Waals surface area contributed by atoms with E-state index in [-0.39, 0.29) is 11.4 Å². The van der Waals surface area contributed by atoms with Crippen molar-refractivity contribution >= 4 is 50.9 Å². The molecule has 6 nitrogen and oxygen atoms in total. The first-order valence-electron chi connectivity index (χ1n) is 10.2. The van der Waals surface area contributed by atoms with Crippen molar-refractivity contribution in [2.24, 2.45) is 10.1 Å². The van der Waals surface area contributed by atoms with Gasteiger partial charge in [-0.15, -0.1) is 16.9 Å². The summed E-state index contributed by atoms with van der Waals surface area (Å²) in [6.07, 6.45) is 4.78. The Kier molecular flexibility index (Phi) is 5.94. The second-order valence-electron chi connectivity index (χ2n) is 7.65. The van der Waals surface area contributed by atoms with Gasteiger partial charge in [-0.25, -0.2) is 0 Å². The molecule has 2 aliphatic heterocycles. The van der Waals surface area contributed by atoms with Gasteiger partial charge in [0.25, 0.3) is 5.91 Å². The lowest BCUT2D eigenvalue weighted by Gasteiger charge is -2.20. The van der Waals surface area contributed by atoms with Crippen LogP contribution in [0.15, 0.2) is 46.0 Å². The molecule has 160 valence electrons. The molecule has 0 bridgehead atoms. The lowest BCUT2D eigenvalue weighted by molar-refractivity contribution is -0.114. The van der Waals surface area contributed by atoms with Crippen LogP contribution in [-0.4, -0.2) is 37.1 Å². The van der Waals surface area contributed by atoms with Gasteiger partial charge < -0.3 is 4.57 Å². The quantitative estimate of drug-likeness (QED) is 0.619. The molecule has 8 heteroatoms. The van der Waals surface area contributed by atoms with Crippen LogP contribution >= 0.6 is 23.5 Å². The third kappa shape index (κ3) is 3.90. The Bertz CT molecular complexity index is 1160. The van der Waals surface area contributed by atoms with Crippen LogP contribution in [0.5, 0.6) is 0 Å². The van der Waals surface area contributed by atoms with Crippen molar-refractivity contribution in [2.75, 3.05) is 6.26 Å². The molecule has 0 fully saturated rings. The third-order valence-corrected chi connectivity index (χ3v) is 7.60. The van der Waals surface area contributed by atoms with Gasteiger partial charge in [0.15, 0.2) is 10.2 Å². The fraction of sp³-hybridized carbons (Fsp3) is 0.304. The van der Waals surface area contributed by atoms with E-state index >= 15 is 0 Å². The number of rotatable bonds is 4. The summed E-state index contributed by atoms with van der Waals surface area (Å²) in [5.41, 5.74) is 5.65.